The number of ether oxygens (including phenoxy) is 1. The van der Waals surface area contributed by atoms with Crippen molar-refractivity contribution >= 4 is 5.69 Å². The lowest BCUT2D eigenvalue weighted by Gasteiger charge is -2.02. The van der Waals surface area contributed by atoms with Gasteiger partial charge in [0.15, 0.2) is 0 Å². The van der Waals surface area contributed by atoms with E-state index in [-0.39, 0.29) is 0 Å². The van der Waals surface area contributed by atoms with Crippen LogP contribution in [0.2, 0.25) is 0 Å². The van der Waals surface area contributed by atoms with Gasteiger partial charge in [-0.15, -0.1) is 0 Å². The zero-order valence-corrected chi connectivity index (χ0v) is 9.01. The van der Waals surface area contributed by atoms with Crippen molar-refractivity contribution in [1.82, 2.24) is 10.3 Å². The molecule has 5 nitrogen and oxygen atoms in total. The minimum Gasteiger partial charge on any atom is -0.399 e. The van der Waals surface area contributed by atoms with Crippen LogP contribution in [0.25, 0.3) is 0 Å². The maximum absolute atomic E-state index is 5.58. The number of nitrogens with zero attached hydrogens (tertiary/aromatic N) is 2. The van der Waals surface area contributed by atoms with Gasteiger partial charge in [0.25, 0.3) is 0 Å². The molecule has 0 aliphatic rings. The van der Waals surface area contributed by atoms with E-state index in [0.29, 0.717) is 13.2 Å². The molecule has 84 valence electrons. The second-order valence-electron chi connectivity index (χ2n) is 3.53. The number of nitrogens with two attached hydrogens (primary N) is 1. The lowest BCUT2D eigenvalue weighted by molar-refractivity contribution is 0.101. The molecular weight excluding hydrogens is 206 g/mol. The van der Waals surface area contributed by atoms with Crippen LogP contribution in [0.4, 0.5) is 5.69 Å². The van der Waals surface area contributed by atoms with Crippen LogP contribution in [0.1, 0.15) is 17.0 Å². The maximum Gasteiger partial charge on any atom is 0.133 e. The smallest absolute Gasteiger partial charge is 0.133 e. The van der Waals surface area contributed by atoms with E-state index in [1.807, 2.05) is 31.2 Å². The molecule has 2 rings (SSSR count). The van der Waals surface area contributed by atoms with Crippen molar-refractivity contribution in [1.29, 1.82) is 0 Å². The van der Waals surface area contributed by atoms with E-state index >= 15 is 0 Å². The first-order valence-corrected chi connectivity index (χ1v) is 4.96. The Morgan fingerprint density at radius 2 is 1.94 bits per heavy atom. The van der Waals surface area contributed by atoms with Gasteiger partial charge in [-0.05, 0) is 24.6 Å². The zero-order valence-electron chi connectivity index (χ0n) is 9.01. The highest BCUT2D eigenvalue weighted by atomic mass is 16.6. The number of nitrogen functional groups attached to an aromatic ring is 1. The summed E-state index contributed by atoms with van der Waals surface area (Å²) in [4.78, 5) is 0. The molecule has 0 unspecified atom stereocenters. The number of aryl methyl sites for hydroxylation is 1. The highest BCUT2D eigenvalue weighted by Crippen LogP contribution is 2.08. The normalized spacial score (nSPS) is 10.6. The van der Waals surface area contributed by atoms with Crippen LogP contribution in [0, 0.1) is 6.92 Å². The molecule has 2 aromatic rings. The van der Waals surface area contributed by atoms with Crippen molar-refractivity contribution in [2.45, 2.75) is 20.1 Å². The van der Waals surface area contributed by atoms with Gasteiger partial charge in [-0.1, -0.05) is 22.4 Å². The number of rotatable bonds is 4. The summed E-state index contributed by atoms with van der Waals surface area (Å²) in [5, 5.41) is 7.40. The van der Waals surface area contributed by atoms with E-state index in [4.69, 9.17) is 10.5 Å². The third-order valence-electron chi connectivity index (χ3n) is 2.23. The molecule has 0 atom stereocenters. The molecule has 0 spiro atoms. The quantitative estimate of drug-likeness (QED) is 0.792. The number of benzene rings is 1. The molecule has 0 aliphatic heterocycles. The van der Waals surface area contributed by atoms with Gasteiger partial charge in [0.05, 0.1) is 13.2 Å². The summed E-state index contributed by atoms with van der Waals surface area (Å²) in [6.45, 7) is 2.75. The van der Waals surface area contributed by atoms with Gasteiger partial charge in [-0.3, -0.25) is 0 Å². The van der Waals surface area contributed by atoms with Crippen molar-refractivity contribution in [3.63, 3.8) is 0 Å². The lowest BCUT2D eigenvalue weighted by Crippen LogP contribution is -1.96. The van der Waals surface area contributed by atoms with E-state index in [9.17, 15) is 0 Å². The predicted octanol–water partition coefficient (Wildman–Crippen LogP) is 1.68. The first kappa shape index (κ1) is 10.6. The van der Waals surface area contributed by atoms with E-state index in [1.54, 1.807) is 0 Å². The molecule has 1 heterocycles. The van der Waals surface area contributed by atoms with Crippen LogP contribution in [0.3, 0.4) is 0 Å². The van der Waals surface area contributed by atoms with Crippen LogP contribution in [-0.4, -0.2) is 10.3 Å². The number of anilines is 1. The van der Waals surface area contributed by atoms with Crippen LogP contribution in [0.5, 0.6) is 0 Å². The predicted molar refractivity (Wildman–Crippen MR) is 58.4 cm³/mol. The van der Waals surface area contributed by atoms with Crippen LogP contribution in [0.15, 0.2) is 28.9 Å². The van der Waals surface area contributed by atoms with Crippen molar-refractivity contribution < 1.29 is 9.37 Å². The average molecular weight is 219 g/mol. The largest absolute Gasteiger partial charge is 0.399 e. The Kier molecular flexibility index (Phi) is 3.16. The molecular formula is C11H13N3O2. The molecule has 0 amide bonds. The van der Waals surface area contributed by atoms with Gasteiger partial charge in [-0.2, -0.15) is 0 Å². The Bertz CT molecular complexity index is 451. The molecule has 0 radical (unpaired) electrons. The average Bonchev–Trinajstić information content (AvgIpc) is 2.68. The summed E-state index contributed by atoms with van der Waals surface area (Å²) >= 11 is 0. The van der Waals surface area contributed by atoms with Gasteiger partial charge in [-0.25, -0.2) is 4.63 Å². The third-order valence-corrected chi connectivity index (χ3v) is 2.23. The summed E-state index contributed by atoms with van der Waals surface area (Å²) in [7, 11) is 0. The fraction of sp³-hybridized carbons (Fsp3) is 0.273. The second-order valence-corrected chi connectivity index (χ2v) is 3.53. The number of hydrogen-bond acceptors (Lipinski definition) is 5. The fourth-order valence-electron chi connectivity index (χ4n) is 1.26. The molecule has 0 fully saturated rings. The van der Waals surface area contributed by atoms with Gasteiger partial charge < -0.3 is 10.5 Å². The van der Waals surface area contributed by atoms with Crippen molar-refractivity contribution in [2.75, 3.05) is 5.73 Å². The highest BCUT2D eigenvalue weighted by molar-refractivity contribution is 5.39. The molecule has 5 heteroatoms. The summed E-state index contributed by atoms with van der Waals surface area (Å²) in [6, 6.07) is 7.57. The fourth-order valence-corrected chi connectivity index (χ4v) is 1.26. The molecule has 0 aliphatic carbocycles. The number of hydrogen-bond donors (Lipinski definition) is 1. The van der Waals surface area contributed by atoms with Crippen LogP contribution >= 0.6 is 0 Å². The van der Waals surface area contributed by atoms with E-state index in [2.05, 4.69) is 14.9 Å². The SMILES string of the molecule is Cc1nonc1COCc1ccc(N)cc1. The first-order chi connectivity index (χ1) is 7.75. The van der Waals surface area contributed by atoms with Gasteiger partial charge in [0, 0.05) is 5.69 Å². The summed E-state index contributed by atoms with van der Waals surface area (Å²) < 4.78 is 10.0. The van der Waals surface area contributed by atoms with Crippen LogP contribution < -0.4 is 5.73 Å². The van der Waals surface area contributed by atoms with E-state index in [1.165, 1.54) is 0 Å². The van der Waals surface area contributed by atoms with Crippen LogP contribution in [-0.2, 0) is 18.0 Å². The summed E-state index contributed by atoms with van der Waals surface area (Å²) in [5.41, 5.74) is 8.90. The molecule has 16 heavy (non-hydrogen) atoms. The monoisotopic (exact) mass is 219 g/mol. The van der Waals surface area contributed by atoms with E-state index in [0.717, 1.165) is 22.6 Å². The molecule has 0 saturated carbocycles. The van der Waals surface area contributed by atoms with Gasteiger partial charge in [0.1, 0.15) is 11.4 Å². The zero-order chi connectivity index (χ0) is 11.4. The highest BCUT2D eigenvalue weighted by Gasteiger charge is 2.04. The van der Waals surface area contributed by atoms with Crippen molar-refractivity contribution in [3.8, 4) is 0 Å². The van der Waals surface area contributed by atoms with Crippen molar-refractivity contribution in [2.24, 2.45) is 0 Å². The molecule has 1 aromatic heterocycles. The molecule has 0 saturated heterocycles. The van der Waals surface area contributed by atoms with Gasteiger partial charge >= 0.3 is 0 Å². The Balaban J connectivity index is 1.84. The number of aromatic nitrogens is 2. The molecule has 1 aromatic carbocycles. The van der Waals surface area contributed by atoms with Gasteiger partial charge in [0.2, 0.25) is 0 Å². The summed E-state index contributed by atoms with van der Waals surface area (Å²) in [5.74, 6) is 0. The Labute approximate surface area is 93.2 Å². The first-order valence-electron chi connectivity index (χ1n) is 4.96. The minimum atomic E-state index is 0.402. The Morgan fingerprint density at radius 1 is 1.19 bits per heavy atom. The minimum absolute atomic E-state index is 0.402. The van der Waals surface area contributed by atoms with E-state index < -0.39 is 0 Å². The third kappa shape index (κ3) is 2.58. The lowest BCUT2D eigenvalue weighted by atomic mass is 10.2. The molecule has 2 N–H and O–H groups in total. The topological polar surface area (TPSA) is 74.2 Å². The van der Waals surface area contributed by atoms with Crippen molar-refractivity contribution in [3.05, 3.63) is 41.2 Å². The molecule has 0 bridgehead atoms. The summed E-state index contributed by atoms with van der Waals surface area (Å²) in [6.07, 6.45) is 0. The Hall–Kier alpha value is -1.88. The maximum atomic E-state index is 5.58. The Morgan fingerprint density at radius 3 is 2.56 bits per heavy atom. The second kappa shape index (κ2) is 4.76. The standard InChI is InChI=1S/C11H13N3O2/c1-8-11(14-16-13-8)7-15-6-9-2-4-10(12)5-3-9/h2-5H,6-7,12H2,1H3.